The SMILES string of the molecule is Cc1c(Br)ccc(NS(=O)O)c1C. The minimum absolute atomic E-state index is 0.682. The summed E-state index contributed by atoms with van der Waals surface area (Å²) in [6.45, 7) is 3.85. The third-order valence-electron chi connectivity index (χ3n) is 1.92. The predicted molar refractivity (Wildman–Crippen MR) is 58.0 cm³/mol. The maximum atomic E-state index is 10.5. The lowest BCUT2D eigenvalue weighted by Gasteiger charge is -2.09. The maximum Gasteiger partial charge on any atom is 0.259 e. The van der Waals surface area contributed by atoms with Crippen LogP contribution < -0.4 is 4.72 Å². The van der Waals surface area contributed by atoms with Crippen LogP contribution in [0.4, 0.5) is 5.69 Å². The van der Waals surface area contributed by atoms with Crippen LogP contribution in [0, 0.1) is 13.8 Å². The molecule has 0 fully saturated rings. The maximum absolute atomic E-state index is 10.5. The number of nitrogens with one attached hydrogen (secondary N) is 1. The molecule has 1 unspecified atom stereocenters. The van der Waals surface area contributed by atoms with Gasteiger partial charge in [0.1, 0.15) is 0 Å². The Balaban J connectivity index is 3.10. The van der Waals surface area contributed by atoms with E-state index in [0.29, 0.717) is 5.69 Å². The molecule has 0 aliphatic rings. The quantitative estimate of drug-likeness (QED) is 0.807. The number of hydrogen-bond acceptors (Lipinski definition) is 1. The molecule has 0 aliphatic heterocycles. The Morgan fingerprint density at radius 3 is 2.54 bits per heavy atom. The highest BCUT2D eigenvalue weighted by Gasteiger charge is 2.05. The van der Waals surface area contributed by atoms with Gasteiger partial charge in [0.05, 0.1) is 5.69 Å². The molecule has 1 aromatic rings. The van der Waals surface area contributed by atoms with Gasteiger partial charge in [-0.05, 0) is 37.1 Å². The summed E-state index contributed by atoms with van der Waals surface area (Å²) >= 11 is 1.37. The number of anilines is 1. The lowest BCUT2D eigenvalue weighted by molar-refractivity contribution is 0.570. The number of benzene rings is 1. The summed E-state index contributed by atoms with van der Waals surface area (Å²) in [6.07, 6.45) is 0. The predicted octanol–water partition coefficient (Wildman–Crippen LogP) is 2.61. The summed E-state index contributed by atoms with van der Waals surface area (Å²) in [4.78, 5) is 0. The minimum Gasteiger partial charge on any atom is -0.289 e. The molecule has 0 saturated heterocycles. The van der Waals surface area contributed by atoms with E-state index in [1.165, 1.54) is 0 Å². The van der Waals surface area contributed by atoms with E-state index in [1.54, 1.807) is 6.07 Å². The highest BCUT2D eigenvalue weighted by molar-refractivity contribution is 9.10. The second-order valence-corrected chi connectivity index (χ2v) is 4.25. The van der Waals surface area contributed by atoms with Crippen molar-refractivity contribution in [2.24, 2.45) is 0 Å². The van der Waals surface area contributed by atoms with Gasteiger partial charge in [0.15, 0.2) is 0 Å². The van der Waals surface area contributed by atoms with Crippen LogP contribution in [-0.2, 0) is 11.3 Å². The Bertz CT molecular complexity index is 354. The van der Waals surface area contributed by atoms with Crippen molar-refractivity contribution in [2.45, 2.75) is 13.8 Å². The number of hydrogen-bond donors (Lipinski definition) is 2. The molecule has 3 nitrogen and oxygen atoms in total. The average molecular weight is 264 g/mol. The Morgan fingerprint density at radius 1 is 1.38 bits per heavy atom. The average Bonchev–Trinajstić information content (AvgIpc) is 2.06. The summed E-state index contributed by atoms with van der Waals surface area (Å²) < 4.78 is 22.6. The van der Waals surface area contributed by atoms with Crippen LogP contribution in [0.1, 0.15) is 11.1 Å². The zero-order valence-corrected chi connectivity index (χ0v) is 9.70. The van der Waals surface area contributed by atoms with Crippen molar-refractivity contribution in [1.82, 2.24) is 0 Å². The van der Waals surface area contributed by atoms with Crippen LogP contribution in [-0.4, -0.2) is 8.76 Å². The van der Waals surface area contributed by atoms with E-state index in [9.17, 15) is 4.21 Å². The van der Waals surface area contributed by atoms with Crippen molar-refractivity contribution in [3.8, 4) is 0 Å². The van der Waals surface area contributed by atoms with Crippen molar-refractivity contribution >= 4 is 32.9 Å². The molecule has 0 heterocycles. The van der Waals surface area contributed by atoms with Gasteiger partial charge in [-0.3, -0.25) is 9.27 Å². The van der Waals surface area contributed by atoms with Gasteiger partial charge in [-0.2, -0.15) is 0 Å². The van der Waals surface area contributed by atoms with Crippen LogP contribution in [0.2, 0.25) is 0 Å². The van der Waals surface area contributed by atoms with Crippen LogP contribution in [0.3, 0.4) is 0 Å². The fourth-order valence-electron chi connectivity index (χ4n) is 0.992. The van der Waals surface area contributed by atoms with E-state index in [1.807, 2.05) is 19.9 Å². The highest BCUT2D eigenvalue weighted by Crippen LogP contribution is 2.25. The molecular formula is C8H10BrNO2S. The third-order valence-corrected chi connectivity index (χ3v) is 3.17. The van der Waals surface area contributed by atoms with E-state index in [-0.39, 0.29) is 0 Å². The summed E-state index contributed by atoms with van der Waals surface area (Å²) in [5.41, 5.74) is 2.72. The molecule has 5 heteroatoms. The molecule has 13 heavy (non-hydrogen) atoms. The lowest BCUT2D eigenvalue weighted by atomic mass is 10.1. The number of rotatable bonds is 2. The minimum atomic E-state index is -2.01. The van der Waals surface area contributed by atoms with Crippen LogP contribution in [0.25, 0.3) is 0 Å². The molecule has 0 bridgehead atoms. The van der Waals surface area contributed by atoms with Gasteiger partial charge in [-0.1, -0.05) is 15.9 Å². The Kier molecular flexibility index (Phi) is 3.47. The summed E-state index contributed by atoms with van der Waals surface area (Å²) in [5, 5.41) is 0. The van der Waals surface area contributed by atoms with E-state index < -0.39 is 11.3 Å². The second-order valence-electron chi connectivity index (χ2n) is 2.70. The van der Waals surface area contributed by atoms with Gasteiger partial charge in [-0.15, -0.1) is 0 Å². The van der Waals surface area contributed by atoms with Crippen LogP contribution >= 0.6 is 15.9 Å². The molecule has 72 valence electrons. The normalized spacial score (nSPS) is 12.6. The van der Waals surface area contributed by atoms with Crippen molar-refractivity contribution in [3.05, 3.63) is 27.7 Å². The lowest BCUT2D eigenvalue weighted by Crippen LogP contribution is -2.04. The number of halogens is 1. The molecule has 1 rings (SSSR count). The van der Waals surface area contributed by atoms with Crippen LogP contribution in [0.5, 0.6) is 0 Å². The first kappa shape index (κ1) is 10.7. The van der Waals surface area contributed by atoms with Gasteiger partial charge >= 0.3 is 0 Å². The van der Waals surface area contributed by atoms with E-state index >= 15 is 0 Å². The molecule has 0 spiro atoms. The first-order chi connectivity index (χ1) is 6.02. The molecule has 0 aromatic heterocycles. The third kappa shape index (κ3) is 2.52. The van der Waals surface area contributed by atoms with Crippen molar-refractivity contribution in [2.75, 3.05) is 4.72 Å². The summed E-state index contributed by atoms with van der Waals surface area (Å²) in [5.74, 6) is 0. The van der Waals surface area contributed by atoms with E-state index in [4.69, 9.17) is 4.55 Å². The molecule has 0 aliphatic carbocycles. The Labute approximate surface area is 88.1 Å². The zero-order valence-electron chi connectivity index (χ0n) is 7.30. The molecule has 0 radical (unpaired) electrons. The Hall–Kier alpha value is -0.390. The fraction of sp³-hybridized carbons (Fsp3) is 0.250. The standard InChI is InChI=1S/C8H10BrNO2S/c1-5-6(2)8(10-13(11)12)4-3-7(5)9/h3-4,10H,1-2H3,(H,11,12). The topological polar surface area (TPSA) is 49.3 Å². The van der Waals surface area contributed by atoms with Gasteiger partial charge in [0, 0.05) is 4.47 Å². The summed E-state index contributed by atoms with van der Waals surface area (Å²) in [6, 6.07) is 3.61. The molecule has 1 aromatic carbocycles. The fourth-order valence-corrected chi connectivity index (χ4v) is 1.83. The van der Waals surface area contributed by atoms with Gasteiger partial charge in [0.2, 0.25) is 0 Å². The molecule has 0 saturated carbocycles. The molecule has 0 amide bonds. The Morgan fingerprint density at radius 2 is 2.00 bits per heavy atom. The molecule has 2 N–H and O–H groups in total. The molecular weight excluding hydrogens is 254 g/mol. The van der Waals surface area contributed by atoms with Crippen molar-refractivity contribution in [1.29, 1.82) is 0 Å². The highest BCUT2D eigenvalue weighted by atomic mass is 79.9. The van der Waals surface area contributed by atoms with Gasteiger partial charge in [0.25, 0.3) is 11.3 Å². The van der Waals surface area contributed by atoms with Gasteiger partial charge < -0.3 is 0 Å². The molecule has 1 atom stereocenters. The van der Waals surface area contributed by atoms with Crippen molar-refractivity contribution < 1.29 is 8.76 Å². The second kappa shape index (κ2) is 4.21. The van der Waals surface area contributed by atoms with E-state index in [0.717, 1.165) is 15.6 Å². The van der Waals surface area contributed by atoms with Crippen molar-refractivity contribution in [3.63, 3.8) is 0 Å². The first-order valence-electron chi connectivity index (χ1n) is 3.65. The monoisotopic (exact) mass is 263 g/mol. The van der Waals surface area contributed by atoms with Crippen LogP contribution in [0.15, 0.2) is 16.6 Å². The zero-order chi connectivity index (χ0) is 10.0. The smallest absolute Gasteiger partial charge is 0.259 e. The van der Waals surface area contributed by atoms with E-state index in [2.05, 4.69) is 20.7 Å². The first-order valence-corrected chi connectivity index (χ1v) is 5.55. The summed E-state index contributed by atoms with van der Waals surface area (Å²) in [7, 11) is 0. The largest absolute Gasteiger partial charge is 0.289 e. The van der Waals surface area contributed by atoms with Gasteiger partial charge in [-0.25, -0.2) is 4.21 Å².